The number of carbonyl (C=O) groups is 5. The van der Waals surface area contributed by atoms with Gasteiger partial charge in [0.2, 0.25) is 0 Å². The Morgan fingerprint density at radius 2 is 0.708 bits per heavy atom. The number of carbonyl (C=O) groups excluding carboxylic acids is 5. The Bertz CT molecular complexity index is 6330. The third-order valence-electron chi connectivity index (χ3n) is 32.5. The van der Waals surface area contributed by atoms with Gasteiger partial charge in [-0.3, -0.25) is 50.4 Å². The number of azo groups is 3. The molecule has 0 spiro atoms. The molecule has 1 aromatic carbocycles. The van der Waals surface area contributed by atoms with E-state index in [-0.39, 0.29) is 51.8 Å². The second-order valence-corrected chi connectivity index (χ2v) is 40.1. The van der Waals surface area contributed by atoms with Gasteiger partial charge in [-0.25, -0.2) is 29.4 Å². The third kappa shape index (κ3) is 16.8. The number of amidine groups is 3. The minimum Gasteiger partial charge on any atom is -0.493 e. The molecule has 8 N–H and O–H groups in total. The Morgan fingerprint density at radius 3 is 1.10 bits per heavy atom. The zero-order chi connectivity index (χ0) is 92.7. The maximum absolute atomic E-state index is 11.8. The number of benzene rings is 1. The highest BCUT2D eigenvalue weighted by Gasteiger charge is 2.64. The molecule has 24 unspecified atom stereocenters. The molecular weight excluding hydrogens is 1730 g/mol. The van der Waals surface area contributed by atoms with E-state index in [2.05, 4.69) is 195 Å². The summed E-state index contributed by atoms with van der Waals surface area (Å²) in [5.41, 5.74) is 25.0. The lowest BCUT2D eigenvalue weighted by Crippen LogP contribution is -2.08. The van der Waals surface area contributed by atoms with E-state index in [0.717, 1.165) is 174 Å². The minimum atomic E-state index is -0.309. The molecule has 0 bridgehead atoms. The second-order valence-electron chi connectivity index (χ2n) is 40.1. The number of ketones is 2. The molecule has 0 amide bonds. The standard InChI is InChI=1S/C16H15N5O.C15H22N2O2.C12H15N5.C12H14N2O2.C12H16N2O.C11H11N5.C11H14N2O2.C11H12N2O.3CH4/c1-2-4-9(5-3-1)22-7-12-10-6-11-14(13(10)12)19-20-15(11)16-17-8-18-21-16;1-3-5-6-7-9-10-8-11-13(12(9)10)16-17-14(11)15(18)19-4-2;1-5(2)8-6-3-7-10(9(6)8)15-16-11(7)12-13-4-14-17-12;1-3-6-7-5-8-10(9(6)7)13-14-11(8)12(15)16-4-2;1-5(2)9-7-4-8-11(6(3)15)13-14-12(8)10(7)9;1-2-5-6-3-7-9(8(5)6)14-15-10(7)11-12-4-13-16-11;1-3-15-11(14)10-7-4-6-5(2)8(6)9(7)12-13-10;1-3-6-7-4-8-10(5(2)14)12-13-11(8)9(6)7;;;/h1-5,10,12-13H,6-8H2,(H,19,20);9-10,12H,3-8H2,1-2H3,(H,16,17);5-6,8-9H,3-4H2,1-2H3,(H,15,16);3,6-7,9H,1,4-5H2,2H3,(H,13,14);5,7,9-10H,4H2,1-3H3,(H,13,14);2,5-6,8H,1,3-4H2,(H,14,15);5-6,8H,3-4H2,1-2H3,(H,12,13);3,6-7,9H,1,4H2,2H3,(H,12,13);3*1H4. The maximum Gasteiger partial charge on any atom is 0.359 e. The van der Waals surface area contributed by atoms with E-state index in [4.69, 9.17) is 18.9 Å². The SMILES string of the molecule is C.C.C.C=CC1C2Cc3c(C(=O)OCC)n[nH]c3C12.C=CC1C2Cc3c(C(C)=O)n[nH]c3C12.C=CC1C2Cc3c(C4=NCN=N4)n[nH]c3C12.CC(=O)c1n[nH]c2c1CC1C2C1C(C)C.CC(C)C1C2Cc3c(C4=NCN=N4)n[nH]c3C21.CCCCCC1C2Cc3c(C(=O)OCC)n[nH]c3C12.CCOC(=O)c1n[nH]c2c1CC1C(C)C21.c1ccc(OCC2C3Cc4c(C5=NCN=N5)n[nH]c4C23)cc1. The molecule has 28 rings (SSSR count). The van der Waals surface area contributed by atoms with Crippen LogP contribution in [0.5, 0.6) is 5.75 Å². The van der Waals surface area contributed by atoms with Crippen LogP contribution in [0, 0.1) is 107 Å². The van der Waals surface area contributed by atoms with E-state index in [1.54, 1.807) is 20.8 Å². The Balaban J connectivity index is 0.000000104. The number of allylic oxidation sites excluding steroid dienone is 3. The zero-order valence-electron chi connectivity index (χ0n) is 78.0. The van der Waals surface area contributed by atoms with Gasteiger partial charge in [0.05, 0.1) is 26.4 Å². The highest BCUT2D eigenvalue weighted by Crippen LogP contribution is 2.69. The van der Waals surface area contributed by atoms with Crippen molar-refractivity contribution in [2.45, 2.75) is 223 Å². The highest BCUT2D eigenvalue weighted by atomic mass is 16.5. The number of hydrogen-bond donors (Lipinski definition) is 8. The van der Waals surface area contributed by atoms with Crippen LogP contribution in [0.3, 0.4) is 0 Å². The van der Waals surface area contributed by atoms with Crippen LogP contribution in [-0.2, 0) is 65.6 Å². The third-order valence-corrected chi connectivity index (χ3v) is 32.5. The van der Waals surface area contributed by atoms with Crippen LogP contribution < -0.4 is 4.74 Å². The fourth-order valence-electron chi connectivity index (χ4n) is 25.8. The molecule has 3 aliphatic heterocycles. The summed E-state index contributed by atoms with van der Waals surface area (Å²) in [5, 5.41) is 82.1. The quantitative estimate of drug-likeness (QED) is 0.00969. The van der Waals surface area contributed by atoms with Gasteiger partial charge in [0, 0.05) is 157 Å². The van der Waals surface area contributed by atoms with E-state index in [9.17, 15) is 24.0 Å². The summed E-state index contributed by atoms with van der Waals surface area (Å²) in [7, 11) is 0. The van der Waals surface area contributed by atoms with Crippen molar-refractivity contribution in [3.05, 3.63) is 204 Å². The molecule has 24 atom stereocenters. The van der Waals surface area contributed by atoms with Gasteiger partial charge in [-0.2, -0.15) is 56.1 Å². The first-order valence-electron chi connectivity index (χ1n) is 48.6. The molecule has 8 aromatic heterocycles. The van der Waals surface area contributed by atoms with Gasteiger partial charge in [-0.05, 0) is 191 Å². The number of Topliss-reactive ketones (excluding diaryl/α,β-unsaturated/α-hetero) is 2. The van der Waals surface area contributed by atoms with Gasteiger partial charge in [-0.15, -0.1) is 35.1 Å². The first-order chi connectivity index (χ1) is 65.2. The number of aliphatic imine (C=N–C) groups is 3. The van der Waals surface area contributed by atoms with Gasteiger partial charge in [0.15, 0.2) is 66.2 Å². The average Bonchev–Trinajstić information content (AvgIpc) is 1.56. The van der Waals surface area contributed by atoms with Crippen molar-refractivity contribution < 1.29 is 42.9 Å². The summed E-state index contributed by atoms with van der Waals surface area (Å²) in [6.07, 6.45) is 19.6. The van der Waals surface area contributed by atoms with E-state index >= 15 is 0 Å². The average molecular weight is 1860 g/mol. The molecule has 8 fully saturated rings. The summed E-state index contributed by atoms with van der Waals surface area (Å²) >= 11 is 0. The van der Waals surface area contributed by atoms with Crippen molar-refractivity contribution in [1.82, 2.24) is 81.6 Å². The number of nitrogens with zero attached hydrogens (tertiary/aromatic N) is 17. The predicted molar refractivity (Wildman–Crippen MR) is 515 cm³/mol. The molecule has 34 heteroatoms. The number of aromatic nitrogens is 16. The van der Waals surface area contributed by atoms with Crippen molar-refractivity contribution in [3.8, 4) is 5.75 Å². The predicted octanol–water partition coefficient (Wildman–Crippen LogP) is 18.3. The smallest absolute Gasteiger partial charge is 0.359 e. The van der Waals surface area contributed by atoms with Gasteiger partial charge in [-0.1, -0.05) is 120 Å². The van der Waals surface area contributed by atoms with E-state index in [1.807, 2.05) is 56.3 Å². The minimum absolute atomic E-state index is 0. The maximum atomic E-state index is 11.8. The van der Waals surface area contributed by atoms with Crippen LogP contribution in [0.1, 0.15) is 331 Å². The van der Waals surface area contributed by atoms with Crippen LogP contribution in [0.25, 0.3) is 0 Å². The van der Waals surface area contributed by atoms with E-state index in [1.165, 1.54) is 87.8 Å². The van der Waals surface area contributed by atoms with Crippen LogP contribution in [-0.4, -0.2) is 175 Å². The van der Waals surface area contributed by atoms with Gasteiger partial charge >= 0.3 is 17.9 Å². The van der Waals surface area contributed by atoms with E-state index < -0.39 is 0 Å². The lowest BCUT2D eigenvalue weighted by Gasteiger charge is -2.07. The highest BCUT2D eigenvalue weighted by molar-refractivity contribution is 6.01. The lowest BCUT2D eigenvalue weighted by atomic mass is 9.98. The number of ether oxygens (including phenoxy) is 4. The molecule has 9 aromatic rings. The topological polar surface area (TPSA) is 463 Å². The molecule has 137 heavy (non-hydrogen) atoms. The number of para-hydroxylation sites is 1. The fourth-order valence-corrected chi connectivity index (χ4v) is 25.8. The number of esters is 3. The van der Waals surface area contributed by atoms with Crippen molar-refractivity contribution in [2.24, 2.45) is 152 Å². The first-order valence-corrected chi connectivity index (χ1v) is 48.6. The van der Waals surface area contributed by atoms with Crippen molar-refractivity contribution >= 4 is 47.0 Å². The molecule has 11 heterocycles. The Morgan fingerprint density at radius 1 is 0.387 bits per heavy atom. The van der Waals surface area contributed by atoms with Gasteiger partial charge in [0.25, 0.3) is 0 Å². The number of aromatic amines is 8. The Kier molecular flexibility index (Phi) is 26.4. The molecule has 8 saturated carbocycles. The zero-order valence-corrected chi connectivity index (χ0v) is 78.0. The summed E-state index contributed by atoms with van der Waals surface area (Å²) in [6.45, 7) is 37.1. The fraction of sp³-hybridized carbons (Fsp3) is 0.573. The number of H-pyrrole nitrogens is 8. The van der Waals surface area contributed by atoms with Gasteiger partial charge < -0.3 is 18.9 Å². The number of hydrogen-bond acceptors (Lipinski definition) is 26. The molecule has 34 nitrogen and oxygen atoms in total. The number of nitrogens with one attached hydrogen (secondary N) is 8. The molecule has 0 radical (unpaired) electrons. The molecule has 16 aliphatic carbocycles. The Hall–Kier alpha value is -12.5. The normalized spacial score (nSPS) is 29.7. The van der Waals surface area contributed by atoms with Crippen LogP contribution >= 0.6 is 0 Å². The monoisotopic (exact) mass is 1860 g/mol. The van der Waals surface area contributed by atoms with Crippen molar-refractivity contribution in [2.75, 3.05) is 46.4 Å². The summed E-state index contributed by atoms with van der Waals surface area (Å²) in [4.78, 5) is 70.2. The number of rotatable bonds is 23. The van der Waals surface area contributed by atoms with Crippen molar-refractivity contribution in [3.63, 3.8) is 0 Å². The Labute approximate surface area is 798 Å². The van der Waals surface area contributed by atoms with Crippen LogP contribution in [0.15, 0.2) is 114 Å². The molecule has 0 saturated heterocycles. The molecular formula is C103H131N25O9. The van der Waals surface area contributed by atoms with Gasteiger partial charge in [0.1, 0.15) is 34.2 Å². The molecule has 722 valence electrons. The summed E-state index contributed by atoms with van der Waals surface area (Å²) in [6, 6.07) is 10.0. The summed E-state index contributed by atoms with van der Waals surface area (Å²) < 4.78 is 20.9. The van der Waals surface area contributed by atoms with Crippen LogP contribution in [0.4, 0.5) is 0 Å². The molecule has 19 aliphatic rings. The largest absolute Gasteiger partial charge is 0.493 e. The number of unbranched alkanes of at least 4 members (excludes halogenated alkanes) is 2. The van der Waals surface area contributed by atoms with Crippen LogP contribution in [0.2, 0.25) is 0 Å². The second kappa shape index (κ2) is 38.1. The first kappa shape index (κ1) is 94.8. The number of fused-ring (bicyclic) bond motifs is 24. The van der Waals surface area contributed by atoms with E-state index in [0.29, 0.717) is 175 Å². The lowest BCUT2D eigenvalue weighted by molar-refractivity contribution is 0.0508. The summed E-state index contributed by atoms with van der Waals surface area (Å²) in [5.74, 6) is 20.3. The van der Waals surface area contributed by atoms with Crippen molar-refractivity contribution in [1.29, 1.82) is 0 Å².